The number of amides is 1. The molecule has 0 aromatic rings. The largest absolute Gasteiger partial charge is 1.00 e. The molecule has 0 saturated heterocycles. The third-order valence-corrected chi connectivity index (χ3v) is 2.35. The summed E-state index contributed by atoms with van der Waals surface area (Å²) in [5.74, 6) is 0. The topological polar surface area (TPSA) is 141 Å². The Morgan fingerprint density at radius 1 is 1.33 bits per heavy atom. The molecule has 0 spiro atoms. The number of hydrogen-bond donors (Lipinski definition) is 1. The summed E-state index contributed by atoms with van der Waals surface area (Å²) in [5, 5.41) is -0.443. The number of carbonyl (C=O) groups excluding carboxylic acids is 1. The quantitative estimate of drug-likeness (QED) is 0.404. The van der Waals surface area contributed by atoms with Gasteiger partial charge in [-0.3, -0.25) is 4.79 Å². The van der Waals surface area contributed by atoms with Gasteiger partial charge in [-0.25, -0.2) is 0 Å². The van der Waals surface area contributed by atoms with Crippen molar-refractivity contribution in [1.29, 1.82) is 0 Å². The SMILES string of the molecule is CCN(CC)C(=S)SC(N)=O.O.O.O.[H-].[Na+]. The van der Waals surface area contributed by atoms with Gasteiger partial charge in [0.2, 0.25) is 0 Å². The van der Waals surface area contributed by atoms with E-state index in [9.17, 15) is 4.79 Å². The first kappa shape index (κ1) is 29.6. The first-order valence-electron chi connectivity index (χ1n) is 3.38. The van der Waals surface area contributed by atoms with Crippen LogP contribution < -0.4 is 35.3 Å². The Bertz CT molecular complexity index is 175. The van der Waals surface area contributed by atoms with Crippen LogP contribution in [0.4, 0.5) is 4.79 Å². The van der Waals surface area contributed by atoms with E-state index in [1.54, 1.807) is 0 Å². The van der Waals surface area contributed by atoms with Gasteiger partial charge in [0.25, 0.3) is 5.24 Å². The molecule has 0 saturated carbocycles. The monoisotopic (exact) mass is 270 g/mol. The molecule has 0 atom stereocenters. The number of hydrogen-bond acceptors (Lipinski definition) is 3. The van der Waals surface area contributed by atoms with Crippen LogP contribution in [-0.4, -0.2) is 44.0 Å². The first-order chi connectivity index (χ1) is 5.11. The smallest absolute Gasteiger partial charge is 1.00 e. The van der Waals surface area contributed by atoms with Crippen LogP contribution in [0.1, 0.15) is 15.3 Å². The molecule has 15 heavy (non-hydrogen) atoms. The molecule has 0 rings (SSSR count). The van der Waals surface area contributed by atoms with E-state index in [1.807, 2.05) is 18.7 Å². The van der Waals surface area contributed by atoms with Crippen molar-refractivity contribution in [3.8, 4) is 0 Å². The Kier molecular flexibility index (Phi) is 33.5. The number of nitrogens with two attached hydrogens (primary N) is 1. The molecule has 0 bridgehead atoms. The maximum Gasteiger partial charge on any atom is 1.00 e. The van der Waals surface area contributed by atoms with Crippen molar-refractivity contribution in [2.24, 2.45) is 5.73 Å². The van der Waals surface area contributed by atoms with E-state index in [4.69, 9.17) is 18.0 Å². The average molecular weight is 270 g/mol. The molecule has 9 heteroatoms. The van der Waals surface area contributed by atoms with Crippen LogP contribution in [0.5, 0.6) is 0 Å². The van der Waals surface area contributed by atoms with Gasteiger partial charge in [-0.05, 0) is 13.8 Å². The molecule has 1 amide bonds. The molecule has 0 heterocycles. The summed E-state index contributed by atoms with van der Waals surface area (Å²) in [7, 11) is 0. The molecule has 90 valence electrons. The normalized spacial score (nSPS) is 6.80. The molecular formula is C6H19N2NaO4S2. The molecule has 0 fully saturated rings. The van der Waals surface area contributed by atoms with Gasteiger partial charge in [0, 0.05) is 24.9 Å². The second-order valence-corrected chi connectivity index (χ2v) is 3.50. The fraction of sp³-hybridized carbons (Fsp3) is 0.667. The summed E-state index contributed by atoms with van der Waals surface area (Å²) in [4.78, 5) is 12.3. The van der Waals surface area contributed by atoms with E-state index < -0.39 is 5.24 Å². The van der Waals surface area contributed by atoms with Crippen molar-refractivity contribution in [2.75, 3.05) is 13.1 Å². The number of thioether (sulfide) groups is 1. The number of carbonyl (C=O) groups is 1. The van der Waals surface area contributed by atoms with Gasteiger partial charge in [-0.15, -0.1) is 0 Å². The Balaban J connectivity index is -0.0000000500. The van der Waals surface area contributed by atoms with Crippen LogP contribution in [0.25, 0.3) is 0 Å². The van der Waals surface area contributed by atoms with Crippen LogP contribution in [0.3, 0.4) is 0 Å². The van der Waals surface area contributed by atoms with Crippen LogP contribution in [0.15, 0.2) is 0 Å². The van der Waals surface area contributed by atoms with E-state index in [-0.39, 0.29) is 47.4 Å². The van der Waals surface area contributed by atoms with Gasteiger partial charge >= 0.3 is 29.6 Å². The zero-order valence-electron chi connectivity index (χ0n) is 10.2. The standard InChI is InChI=1S/C6H12N2OS2.Na.3H2O.H/c1-3-8(4-2)6(10)11-5(7)9;;;;;/h3-4H2,1-2H3,(H2,7,9);;3*1H2;/q;+1;;;;-1. The van der Waals surface area contributed by atoms with E-state index in [1.165, 1.54) is 0 Å². The molecule has 0 aromatic carbocycles. The van der Waals surface area contributed by atoms with Gasteiger partial charge in [-0.1, -0.05) is 12.2 Å². The Labute approximate surface area is 123 Å². The maximum atomic E-state index is 10.4. The Morgan fingerprint density at radius 3 is 1.87 bits per heavy atom. The van der Waals surface area contributed by atoms with Crippen LogP contribution >= 0.6 is 24.0 Å². The van der Waals surface area contributed by atoms with E-state index in [0.717, 1.165) is 24.9 Å². The maximum absolute atomic E-state index is 10.4. The molecular weight excluding hydrogens is 251 g/mol. The second-order valence-electron chi connectivity index (χ2n) is 1.86. The molecule has 0 radical (unpaired) electrons. The number of nitrogens with zero attached hydrogens (tertiary/aromatic N) is 1. The molecule has 0 aliphatic rings. The minimum absolute atomic E-state index is 0. The fourth-order valence-corrected chi connectivity index (χ4v) is 1.70. The second kappa shape index (κ2) is 17.0. The average Bonchev–Trinajstić information content (AvgIpc) is 1.88. The Hall–Kier alpha value is 0.590. The zero-order chi connectivity index (χ0) is 8.85. The summed E-state index contributed by atoms with van der Waals surface area (Å²) in [5.41, 5.74) is 4.95. The molecule has 6 nitrogen and oxygen atoms in total. The van der Waals surface area contributed by atoms with Gasteiger partial charge in [0.1, 0.15) is 4.32 Å². The van der Waals surface area contributed by atoms with Crippen LogP contribution in [-0.2, 0) is 0 Å². The minimum atomic E-state index is -0.443. The van der Waals surface area contributed by atoms with Gasteiger partial charge < -0.3 is 28.5 Å². The summed E-state index contributed by atoms with van der Waals surface area (Å²) in [6, 6.07) is 0. The van der Waals surface area contributed by atoms with Crippen LogP contribution in [0.2, 0.25) is 0 Å². The molecule has 0 aliphatic carbocycles. The van der Waals surface area contributed by atoms with Crippen molar-refractivity contribution in [3.05, 3.63) is 0 Å². The predicted molar refractivity (Wildman–Crippen MR) is 64.6 cm³/mol. The first-order valence-corrected chi connectivity index (χ1v) is 4.60. The predicted octanol–water partition coefficient (Wildman–Crippen LogP) is -3.93. The van der Waals surface area contributed by atoms with Crippen molar-refractivity contribution in [1.82, 2.24) is 4.90 Å². The summed E-state index contributed by atoms with van der Waals surface area (Å²) in [6.45, 7) is 5.60. The number of primary amides is 1. The van der Waals surface area contributed by atoms with Crippen molar-refractivity contribution in [2.45, 2.75) is 13.8 Å². The van der Waals surface area contributed by atoms with Gasteiger partial charge in [0.05, 0.1) is 0 Å². The molecule has 0 unspecified atom stereocenters. The van der Waals surface area contributed by atoms with E-state index in [0.29, 0.717) is 4.32 Å². The minimum Gasteiger partial charge on any atom is -1.00 e. The Morgan fingerprint density at radius 2 is 1.67 bits per heavy atom. The molecule has 8 N–H and O–H groups in total. The summed E-state index contributed by atoms with van der Waals surface area (Å²) >= 11 is 5.85. The molecule has 0 aromatic heterocycles. The van der Waals surface area contributed by atoms with Gasteiger partial charge in [0.15, 0.2) is 0 Å². The fourth-order valence-electron chi connectivity index (χ4n) is 0.632. The van der Waals surface area contributed by atoms with Gasteiger partial charge in [-0.2, -0.15) is 0 Å². The van der Waals surface area contributed by atoms with E-state index >= 15 is 0 Å². The zero-order valence-corrected chi connectivity index (χ0v) is 12.8. The van der Waals surface area contributed by atoms with Crippen molar-refractivity contribution >= 4 is 33.5 Å². The number of thiocarbonyl (C=S) groups is 1. The number of rotatable bonds is 2. The van der Waals surface area contributed by atoms with Crippen LogP contribution in [0, 0.1) is 0 Å². The van der Waals surface area contributed by atoms with E-state index in [2.05, 4.69) is 0 Å². The van der Waals surface area contributed by atoms with Crippen molar-refractivity contribution in [3.63, 3.8) is 0 Å². The van der Waals surface area contributed by atoms with Crippen molar-refractivity contribution < 1.29 is 52.2 Å². The third-order valence-electron chi connectivity index (χ3n) is 1.21. The summed E-state index contributed by atoms with van der Waals surface area (Å²) < 4.78 is 0.558. The third kappa shape index (κ3) is 14.6. The summed E-state index contributed by atoms with van der Waals surface area (Å²) in [6.07, 6.45) is 0. The molecule has 0 aliphatic heterocycles.